The smallest absolute Gasteiger partial charge is 0.252 e. The summed E-state index contributed by atoms with van der Waals surface area (Å²) in [6.45, 7) is 4.15. The first kappa shape index (κ1) is 21.5. The Bertz CT molecular complexity index is 1330. The average molecular weight is 430 g/mol. The predicted octanol–water partition coefficient (Wildman–Crippen LogP) is 6.98. The van der Waals surface area contributed by atoms with Gasteiger partial charge in [-0.05, 0) is 66.6 Å². The van der Waals surface area contributed by atoms with Crippen molar-refractivity contribution in [2.24, 2.45) is 0 Å². The summed E-state index contributed by atoms with van der Waals surface area (Å²) in [7, 11) is -3.36. The minimum Gasteiger partial charge on any atom is -0.291 e. The first-order valence-electron chi connectivity index (χ1n) is 10.5. The Hall–Kier alpha value is -3.77. The molecular weight excluding hydrogens is 407 g/mol. The highest BCUT2D eigenvalue weighted by Gasteiger charge is 2.24. The van der Waals surface area contributed by atoms with Crippen LogP contribution in [0.3, 0.4) is 0 Å². The van der Waals surface area contributed by atoms with E-state index in [0.717, 1.165) is 33.4 Å². The molecule has 0 amide bonds. The lowest BCUT2D eigenvalue weighted by Gasteiger charge is -2.13. The summed E-state index contributed by atoms with van der Waals surface area (Å²) in [6, 6.07) is 33.4. The van der Waals surface area contributed by atoms with Crippen LogP contribution in [-0.4, -0.2) is 0 Å². The van der Waals surface area contributed by atoms with Crippen LogP contribution < -0.4 is 5.30 Å². The monoisotopic (exact) mass is 430 g/mol. The van der Waals surface area contributed by atoms with Crippen LogP contribution in [0.15, 0.2) is 103 Å². The van der Waals surface area contributed by atoms with E-state index < -0.39 is 7.14 Å². The summed E-state index contributed by atoms with van der Waals surface area (Å²) in [5.74, 6) is 6.21. The third-order valence-corrected chi connectivity index (χ3v) is 6.96. The van der Waals surface area contributed by atoms with Gasteiger partial charge in [-0.3, -0.25) is 4.57 Å². The van der Waals surface area contributed by atoms with Gasteiger partial charge in [0.1, 0.15) is 0 Å². The average Bonchev–Trinajstić information content (AvgIpc) is 2.82. The van der Waals surface area contributed by atoms with E-state index in [1.165, 1.54) is 0 Å². The van der Waals surface area contributed by atoms with Gasteiger partial charge in [0, 0.05) is 16.4 Å². The summed E-state index contributed by atoms with van der Waals surface area (Å²) in [5.41, 5.74) is 12.0. The molecule has 0 saturated heterocycles. The van der Waals surface area contributed by atoms with E-state index in [9.17, 15) is 4.57 Å². The van der Waals surface area contributed by atoms with Gasteiger partial charge in [0.2, 0.25) is 0 Å². The maximum Gasteiger partial charge on any atom is 0.252 e. The topological polar surface area (TPSA) is 17.1 Å². The van der Waals surface area contributed by atoms with Crippen LogP contribution >= 0.6 is 7.14 Å². The second-order valence-electron chi connectivity index (χ2n) is 7.71. The highest BCUT2D eigenvalue weighted by Crippen LogP contribution is 2.45. The molecule has 0 bridgehead atoms. The molecule has 0 unspecified atom stereocenters. The van der Waals surface area contributed by atoms with Gasteiger partial charge in [-0.1, -0.05) is 95.8 Å². The molecule has 0 aliphatic carbocycles. The second kappa shape index (κ2) is 9.58. The van der Waals surface area contributed by atoms with Crippen molar-refractivity contribution in [1.82, 2.24) is 0 Å². The van der Waals surface area contributed by atoms with E-state index in [4.69, 9.17) is 0 Å². The lowest BCUT2D eigenvalue weighted by Crippen LogP contribution is -2.07. The SMILES string of the molecule is Cc1cc(C)cc(-c2ccccc2P(=O)(C#Cc2ccccc2)C#Cc2ccccc2)c1. The van der Waals surface area contributed by atoms with Crippen molar-refractivity contribution in [2.75, 3.05) is 0 Å². The Morgan fingerprint density at radius 3 is 1.59 bits per heavy atom. The van der Waals surface area contributed by atoms with Crippen molar-refractivity contribution >= 4 is 12.4 Å². The van der Waals surface area contributed by atoms with E-state index in [1.807, 2.05) is 84.9 Å². The fourth-order valence-corrected chi connectivity index (χ4v) is 5.31. The van der Waals surface area contributed by atoms with E-state index in [2.05, 4.69) is 55.2 Å². The lowest BCUT2D eigenvalue weighted by atomic mass is 10.0. The summed E-state index contributed by atoms with van der Waals surface area (Å²) in [6.07, 6.45) is 0. The zero-order chi connectivity index (χ0) is 22.4. The molecule has 0 aliphatic rings. The lowest BCUT2D eigenvalue weighted by molar-refractivity contribution is 0.593. The molecule has 0 aromatic heterocycles. The van der Waals surface area contributed by atoms with E-state index in [-0.39, 0.29) is 0 Å². The third-order valence-electron chi connectivity index (χ3n) is 5.04. The summed E-state index contributed by atoms with van der Waals surface area (Å²) in [4.78, 5) is 0. The van der Waals surface area contributed by atoms with Crippen molar-refractivity contribution in [3.05, 3.63) is 125 Å². The zero-order valence-corrected chi connectivity index (χ0v) is 19.1. The molecule has 4 rings (SSSR count). The van der Waals surface area contributed by atoms with Crippen molar-refractivity contribution in [3.63, 3.8) is 0 Å². The molecule has 0 heterocycles. The van der Waals surface area contributed by atoms with Gasteiger partial charge < -0.3 is 0 Å². The molecule has 4 aromatic carbocycles. The first-order valence-corrected chi connectivity index (χ1v) is 12.2. The highest BCUT2D eigenvalue weighted by molar-refractivity contribution is 7.81. The van der Waals surface area contributed by atoms with Crippen molar-refractivity contribution in [1.29, 1.82) is 0 Å². The number of hydrogen-bond acceptors (Lipinski definition) is 1. The van der Waals surface area contributed by atoms with Gasteiger partial charge >= 0.3 is 0 Å². The molecule has 2 heteroatoms. The predicted molar refractivity (Wildman–Crippen MR) is 135 cm³/mol. The molecule has 0 fully saturated rings. The fraction of sp³-hybridized carbons (Fsp3) is 0.0667. The van der Waals surface area contributed by atoms with Crippen LogP contribution in [0.25, 0.3) is 11.1 Å². The summed E-state index contributed by atoms with van der Waals surface area (Å²) >= 11 is 0. The maximum absolute atomic E-state index is 14.4. The Kier molecular flexibility index (Phi) is 6.42. The van der Waals surface area contributed by atoms with Gasteiger partial charge in [-0.25, -0.2) is 0 Å². The molecule has 0 spiro atoms. The van der Waals surface area contributed by atoms with Gasteiger partial charge in [-0.15, -0.1) is 0 Å². The van der Waals surface area contributed by atoms with E-state index in [1.54, 1.807) is 0 Å². The molecule has 4 aromatic rings. The Morgan fingerprint density at radius 1 is 0.594 bits per heavy atom. The number of aryl methyl sites for hydroxylation is 2. The highest BCUT2D eigenvalue weighted by atomic mass is 31.2. The first-order chi connectivity index (χ1) is 15.5. The standard InChI is InChI=1S/C30H23OP/c1-24-21-25(2)23-28(22-24)29-15-9-10-16-30(29)32(31,19-17-26-11-5-3-6-12-26)20-18-27-13-7-4-8-14-27/h3-16,21-23H,1-2H3. The molecular formula is C30H23OP. The molecule has 0 radical (unpaired) electrons. The molecule has 1 nitrogen and oxygen atoms in total. The molecule has 0 N–H and O–H groups in total. The quantitative estimate of drug-likeness (QED) is 0.248. The minimum absolute atomic E-state index is 0.678. The maximum atomic E-state index is 14.4. The third kappa shape index (κ3) is 5.10. The Balaban J connectivity index is 1.91. The van der Waals surface area contributed by atoms with Gasteiger partial charge in [0.15, 0.2) is 0 Å². The van der Waals surface area contributed by atoms with Crippen molar-refractivity contribution in [3.8, 4) is 34.3 Å². The van der Waals surface area contributed by atoms with Crippen molar-refractivity contribution in [2.45, 2.75) is 13.8 Å². The Morgan fingerprint density at radius 2 is 1.06 bits per heavy atom. The molecule has 154 valence electrons. The fourth-order valence-electron chi connectivity index (χ4n) is 3.60. The molecule has 0 aliphatic heterocycles. The van der Waals surface area contributed by atoms with Crippen LogP contribution in [0.1, 0.15) is 22.3 Å². The second-order valence-corrected chi connectivity index (χ2v) is 9.86. The minimum atomic E-state index is -3.36. The van der Waals surface area contributed by atoms with Crippen LogP contribution in [0, 0.1) is 37.0 Å². The van der Waals surface area contributed by atoms with Crippen LogP contribution in [-0.2, 0) is 4.57 Å². The molecule has 0 saturated carbocycles. The number of rotatable bonds is 2. The van der Waals surface area contributed by atoms with Gasteiger partial charge in [0.25, 0.3) is 7.14 Å². The Labute approximate surface area is 190 Å². The van der Waals surface area contributed by atoms with E-state index in [0.29, 0.717) is 5.30 Å². The van der Waals surface area contributed by atoms with Gasteiger partial charge in [0.05, 0.1) is 0 Å². The van der Waals surface area contributed by atoms with Crippen LogP contribution in [0.4, 0.5) is 0 Å². The van der Waals surface area contributed by atoms with E-state index >= 15 is 0 Å². The van der Waals surface area contributed by atoms with Crippen molar-refractivity contribution < 1.29 is 4.57 Å². The molecule has 0 atom stereocenters. The van der Waals surface area contributed by atoms with Crippen LogP contribution in [0.2, 0.25) is 0 Å². The largest absolute Gasteiger partial charge is 0.291 e. The number of hydrogen-bond donors (Lipinski definition) is 0. The normalized spacial score (nSPS) is 10.4. The summed E-state index contributed by atoms with van der Waals surface area (Å²) in [5, 5.41) is 0.678. The number of benzene rings is 4. The summed E-state index contributed by atoms with van der Waals surface area (Å²) < 4.78 is 14.4. The van der Waals surface area contributed by atoms with Gasteiger partial charge in [-0.2, -0.15) is 0 Å². The van der Waals surface area contributed by atoms with Crippen LogP contribution in [0.5, 0.6) is 0 Å². The molecule has 32 heavy (non-hydrogen) atoms. The zero-order valence-electron chi connectivity index (χ0n) is 18.2.